The number of nitrogens with zero attached hydrogens (tertiary/aromatic N) is 1. The fourth-order valence-electron chi connectivity index (χ4n) is 2.53. The molecule has 0 radical (unpaired) electrons. The van der Waals surface area contributed by atoms with Crippen LogP contribution < -0.4 is 9.47 Å². The second kappa shape index (κ2) is 6.87. The van der Waals surface area contributed by atoms with Crippen LogP contribution in [0.5, 0.6) is 11.5 Å². The molecule has 0 atom stereocenters. The second-order valence-corrected chi connectivity index (χ2v) is 5.86. The number of ether oxygens (including phenoxy) is 2. The lowest BCUT2D eigenvalue weighted by Crippen LogP contribution is -2.32. The zero-order chi connectivity index (χ0) is 18.8. The number of carbonyl (C=O) groups is 3. The van der Waals surface area contributed by atoms with Crippen molar-refractivity contribution in [3.63, 3.8) is 0 Å². The van der Waals surface area contributed by atoms with Crippen molar-refractivity contribution in [3.05, 3.63) is 59.2 Å². The van der Waals surface area contributed by atoms with Crippen LogP contribution in [-0.2, 0) is 4.84 Å². The molecule has 0 spiro atoms. The molecule has 0 aliphatic carbocycles. The maximum absolute atomic E-state index is 12.6. The predicted octanol–water partition coefficient (Wildman–Crippen LogP) is 2.85. The molecule has 7 nitrogen and oxygen atoms in total. The fourth-order valence-corrected chi connectivity index (χ4v) is 2.53. The number of fused-ring (bicyclic) bond motifs is 1. The summed E-state index contributed by atoms with van der Waals surface area (Å²) in [6.07, 6.45) is -0.201. The van der Waals surface area contributed by atoms with E-state index in [0.717, 1.165) is 0 Å². The Morgan fingerprint density at radius 3 is 2.15 bits per heavy atom. The molecule has 1 aliphatic rings. The minimum absolute atomic E-state index is 0.0797. The Morgan fingerprint density at radius 1 is 1.00 bits per heavy atom. The molecule has 26 heavy (non-hydrogen) atoms. The van der Waals surface area contributed by atoms with Gasteiger partial charge >= 0.3 is 5.97 Å². The number of hydrogen-bond acceptors (Lipinski definition) is 6. The van der Waals surface area contributed by atoms with Crippen LogP contribution in [0, 0.1) is 0 Å². The average molecular weight is 355 g/mol. The van der Waals surface area contributed by atoms with E-state index in [-0.39, 0.29) is 28.5 Å². The number of hydroxylamine groups is 2. The van der Waals surface area contributed by atoms with E-state index in [1.54, 1.807) is 38.1 Å². The van der Waals surface area contributed by atoms with Crippen LogP contribution in [0.25, 0.3) is 0 Å². The summed E-state index contributed by atoms with van der Waals surface area (Å²) in [5.41, 5.74) is 0.466. The van der Waals surface area contributed by atoms with Gasteiger partial charge in [0, 0.05) is 6.07 Å². The molecule has 0 N–H and O–H groups in total. The molecule has 0 aromatic heterocycles. The Morgan fingerprint density at radius 2 is 1.62 bits per heavy atom. The molecule has 3 rings (SSSR count). The average Bonchev–Trinajstić information content (AvgIpc) is 2.86. The van der Waals surface area contributed by atoms with Gasteiger partial charge in [-0.2, -0.15) is 0 Å². The van der Waals surface area contributed by atoms with Crippen molar-refractivity contribution in [1.82, 2.24) is 5.06 Å². The Kier molecular flexibility index (Phi) is 4.62. The Bertz CT molecular complexity index is 854. The molecular weight excluding hydrogens is 338 g/mol. The summed E-state index contributed by atoms with van der Waals surface area (Å²) >= 11 is 0. The highest BCUT2D eigenvalue weighted by Gasteiger charge is 2.39. The number of carbonyl (C=O) groups excluding carboxylic acids is 3. The number of amides is 2. The molecule has 7 heteroatoms. The molecule has 0 bridgehead atoms. The van der Waals surface area contributed by atoms with Gasteiger partial charge in [-0.3, -0.25) is 9.59 Å². The van der Waals surface area contributed by atoms with E-state index >= 15 is 0 Å². The fraction of sp³-hybridized carbons (Fsp3) is 0.211. The second-order valence-electron chi connectivity index (χ2n) is 5.86. The van der Waals surface area contributed by atoms with Crippen LogP contribution in [0.4, 0.5) is 0 Å². The molecule has 134 valence electrons. The van der Waals surface area contributed by atoms with E-state index in [0.29, 0.717) is 10.8 Å². The van der Waals surface area contributed by atoms with Crippen LogP contribution in [-0.4, -0.2) is 36.1 Å². The van der Waals surface area contributed by atoms with Crippen LogP contribution in [0.2, 0.25) is 0 Å². The Balaban J connectivity index is 1.87. The predicted molar refractivity (Wildman–Crippen MR) is 91.1 cm³/mol. The maximum Gasteiger partial charge on any atom is 0.367 e. The number of imide groups is 1. The van der Waals surface area contributed by atoms with E-state index in [1.165, 1.54) is 25.3 Å². The van der Waals surface area contributed by atoms with Gasteiger partial charge in [0.05, 0.1) is 24.3 Å². The van der Waals surface area contributed by atoms with E-state index in [1.807, 2.05) is 0 Å². The largest absolute Gasteiger partial charge is 0.497 e. The minimum atomic E-state index is -0.877. The van der Waals surface area contributed by atoms with Gasteiger partial charge in [-0.15, -0.1) is 0 Å². The molecule has 2 aromatic carbocycles. The standard InChI is InChI=1S/C19H17NO6/c1-11(2)25-16-10-12(24-3)8-9-15(16)19(23)26-20-17(21)13-6-4-5-7-14(13)18(20)22/h4-11H,1-3H3. The van der Waals surface area contributed by atoms with Crippen molar-refractivity contribution >= 4 is 17.8 Å². The van der Waals surface area contributed by atoms with Crippen molar-refractivity contribution in [2.45, 2.75) is 20.0 Å². The molecule has 1 heterocycles. The minimum Gasteiger partial charge on any atom is -0.497 e. The number of hydrogen-bond donors (Lipinski definition) is 0. The van der Waals surface area contributed by atoms with Gasteiger partial charge in [-0.05, 0) is 38.1 Å². The molecular formula is C19H17NO6. The summed E-state index contributed by atoms with van der Waals surface area (Å²) in [4.78, 5) is 42.3. The molecule has 1 aliphatic heterocycles. The Hall–Kier alpha value is -3.35. The highest BCUT2D eigenvalue weighted by molar-refractivity contribution is 6.21. The lowest BCUT2D eigenvalue weighted by Gasteiger charge is -2.17. The van der Waals surface area contributed by atoms with Crippen LogP contribution in [0.15, 0.2) is 42.5 Å². The summed E-state index contributed by atoms with van der Waals surface area (Å²) in [7, 11) is 1.49. The monoisotopic (exact) mass is 355 g/mol. The van der Waals surface area contributed by atoms with Gasteiger partial charge in [0.25, 0.3) is 11.8 Å². The first-order valence-corrected chi connectivity index (χ1v) is 7.97. The maximum atomic E-state index is 12.6. The van der Waals surface area contributed by atoms with E-state index in [9.17, 15) is 14.4 Å². The first-order valence-electron chi connectivity index (χ1n) is 7.97. The van der Waals surface area contributed by atoms with Crippen molar-refractivity contribution in [3.8, 4) is 11.5 Å². The van der Waals surface area contributed by atoms with Gasteiger partial charge in [0.2, 0.25) is 0 Å². The third-order valence-electron chi connectivity index (χ3n) is 3.70. The first kappa shape index (κ1) is 17.5. The van der Waals surface area contributed by atoms with E-state index < -0.39 is 17.8 Å². The van der Waals surface area contributed by atoms with E-state index in [4.69, 9.17) is 14.3 Å². The van der Waals surface area contributed by atoms with Gasteiger partial charge in [-0.1, -0.05) is 17.2 Å². The van der Waals surface area contributed by atoms with Crippen LogP contribution in [0.3, 0.4) is 0 Å². The number of rotatable bonds is 5. The molecule has 2 amide bonds. The number of methoxy groups -OCH3 is 1. The molecule has 2 aromatic rings. The first-order chi connectivity index (χ1) is 12.4. The number of benzene rings is 2. The Labute approximate surface area is 150 Å². The topological polar surface area (TPSA) is 82.1 Å². The SMILES string of the molecule is COc1ccc(C(=O)ON2C(=O)c3ccccc3C2=O)c(OC(C)C)c1. The summed E-state index contributed by atoms with van der Waals surface area (Å²) in [6.45, 7) is 3.61. The summed E-state index contributed by atoms with van der Waals surface area (Å²) < 4.78 is 10.7. The van der Waals surface area contributed by atoms with Crippen molar-refractivity contribution < 1.29 is 28.7 Å². The van der Waals surface area contributed by atoms with Gasteiger partial charge in [-0.25, -0.2) is 4.79 Å². The lowest BCUT2D eigenvalue weighted by atomic mass is 10.1. The van der Waals surface area contributed by atoms with Crippen LogP contribution in [0.1, 0.15) is 44.9 Å². The highest BCUT2D eigenvalue weighted by atomic mass is 16.7. The van der Waals surface area contributed by atoms with Crippen molar-refractivity contribution in [2.75, 3.05) is 7.11 Å². The third kappa shape index (κ3) is 3.11. The quantitative estimate of drug-likeness (QED) is 0.767. The van der Waals surface area contributed by atoms with Gasteiger partial charge in [0.15, 0.2) is 0 Å². The summed E-state index contributed by atoms with van der Waals surface area (Å²) in [6, 6.07) is 10.8. The van der Waals surface area contributed by atoms with Crippen molar-refractivity contribution in [1.29, 1.82) is 0 Å². The van der Waals surface area contributed by atoms with Crippen molar-refractivity contribution in [2.24, 2.45) is 0 Å². The van der Waals surface area contributed by atoms with Gasteiger partial charge < -0.3 is 14.3 Å². The molecule has 0 saturated heterocycles. The van der Waals surface area contributed by atoms with E-state index in [2.05, 4.69) is 0 Å². The van der Waals surface area contributed by atoms with Crippen LogP contribution >= 0.6 is 0 Å². The summed E-state index contributed by atoms with van der Waals surface area (Å²) in [5, 5.41) is 0.469. The molecule has 0 saturated carbocycles. The smallest absolute Gasteiger partial charge is 0.367 e. The third-order valence-corrected chi connectivity index (χ3v) is 3.70. The normalized spacial score (nSPS) is 13.0. The summed E-state index contributed by atoms with van der Waals surface area (Å²) in [5.74, 6) is -1.51. The van der Waals surface area contributed by atoms with Gasteiger partial charge in [0.1, 0.15) is 17.1 Å². The zero-order valence-electron chi connectivity index (χ0n) is 14.5. The molecule has 0 unspecified atom stereocenters. The highest BCUT2D eigenvalue weighted by Crippen LogP contribution is 2.28. The lowest BCUT2D eigenvalue weighted by molar-refractivity contribution is -0.0587. The zero-order valence-corrected chi connectivity index (χ0v) is 14.5. The molecule has 0 fully saturated rings.